The van der Waals surface area contributed by atoms with Crippen LogP contribution in [0.1, 0.15) is 31.2 Å². The number of aliphatic hydroxyl groups is 5. The first kappa shape index (κ1) is 26.3. The van der Waals surface area contributed by atoms with Crippen LogP contribution in [0.25, 0.3) is 5.57 Å². The third kappa shape index (κ3) is 4.93. The van der Waals surface area contributed by atoms with Crippen molar-refractivity contribution in [1.29, 1.82) is 0 Å². The third-order valence-electron chi connectivity index (χ3n) is 5.97. The Hall–Kier alpha value is -1.26. The van der Waals surface area contributed by atoms with Gasteiger partial charge in [-0.15, -0.1) is 0 Å². The predicted octanol–water partition coefficient (Wildman–Crippen LogP) is 0.306. The number of allylic oxidation sites excluding steroid dienone is 2. The van der Waals surface area contributed by atoms with Crippen LogP contribution in [0.5, 0.6) is 17.2 Å². The van der Waals surface area contributed by atoms with Gasteiger partial charge >= 0.3 is 7.82 Å². The van der Waals surface area contributed by atoms with Crippen LogP contribution in [0.4, 0.5) is 0 Å². The number of fused-ring (bicyclic) bond motifs is 2. The number of rotatable bonds is 4. The second-order valence-electron chi connectivity index (χ2n) is 8.09. The van der Waals surface area contributed by atoms with E-state index in [0.29, 0.717) is 11.3 Å². The zero-order valence-corrected chi connectivity index (χ0v) is 21.1. The molecule has 3 unspecified atom stereocenters. The summed E-state index contributed by atoms with van der Waals surface area (Å²) in [6.45, 7) is 3.90. The van der Waals surface area contributed by atoms with Crippen LogP contribution < -0.4 is 9.26 Å². The first-order valence-electron chi connectivity index (χ1n) is 10.1. The number of ether oxygens (including phenoxy) is 1. The van der Waals surface area contributed by atoms with Gasteiger partial charge in [0.1, 0.15) is 48.1 Å². The Kier molecular flexibility index (Phi) is 7.80. The minimum Gasteiger partial charge on any atom is -0.504 e. The molecule has 0 bridgehead atoms. The van der Waals surface area contributed by atoms with Crippen LogP contribution >= 0.6 is 7.82 Å². The number of phenolic OH excluding ortho intramolecular Hbond substituents is 1. The van der Waals surface area contributed by atoms with Crippen molar-refractivity contribution in [3.05, 3.63) is 35.6 Å². The average molecular weight is 656 g/mol. The topological polar surface area (TPSA) is 186 Å². The van der Waals surface area contributed by atoms with E-state index in [1.807, 2.05) is 0 Å². The Bertz CT molecular complexity index is 996. The van der Waals surface area contributed by atoms with Crippen LogP contribution in [-0.2, 0) is 30.2 Å². The number of benzene rings is 1. The zero-order valence-electron chi connectivity index (χ0n) is 17.3. The molecule has 182 valence electrons. The summed E-state index contributed by atoms with van der Waals surface area (Å²) in [5, 5.41) is 59.5. The number of aromatic hydroxyl groups is 1. The van der Waals surface area contributed by atoms with E-state index in [1.165, 1.54) is 12.1 Å². The van der Waals surface area contributed by atoms with Gasteiger partial charge in [0, 0.05) is 32.7 Å². The molecule has 13 heteroatoms. The summed E-state index contributed by atoms with van der Waals surface area (Å²) >= 11 is 0. The number of phosphoric ester groups is 1. The number of hydrogen-bond acceptors (Lipinski definition) is 10. The molecular formula is C20H25O11PW. The number of aliphatic hydroxyl groups excluding tert-OH is 5. The standard InChI is InChI=1S/C20H25O11P.W/c1-8-9-4-2-3-5-10(9)11-6-12(21)14(7-13(11)29-8)30-32(27,28)31-20-18(25)16(23)15(22)17(24)19(20)26;/h6-7,15-26H,1-5H2,(H,27,28);/t15?,16-,17+,18-,19-,20?;/m1./s1. The van der Waals surface area contributed by atoms with Gasteiger partial charge in [-0.3, -0.25) is 9.42 Å². The van der Waals surface area contributed by atoms with Crippen LogP contribution in [0, 0.1) is 0 Å². The van der Waals surface area contributed by atoms with Crippen molar-refractivity contribution < 1.29 is 74.9 Å². The Morgan fingerprint density at radius 1 is 0.939 bits per heavy atom. The maximum atomic E-state index is 12.5. The van der Waals surface area contributed by atoms with Gasteiger partial charge in [-0.25, -0.2) is 4.57 Å². The summed E-state index contributed by atoms with van der Waals surface area (Å²) in [7, 11) is -5.11. The maximum Gasteiger partial charge on any atom is 0.528 e. The van der Waals surface area contributed by atoms with E-state index in [4.69, 9.17) is 13.8 Å². The van der Waals surface area contributed by atoms with Crippen LogP contribution in [-0.4, -0.2) is 72.2 Å². The summed E-state index contributed by atoms with van der Waals surface area (Å²) in [5.41, 5.74) is 2.55. The largest absolute Gasteiger partial charge is 0.528 e. The molecule has 0 aromatic heterocycles. The van der Waals surface area contributed by atoms with Gasteiger partial charge in [0.15, 0.2) is 11.5 Å². The van der Waals surface area contributed by atoms with E-state index in [-0.39, 0.29) is 26.8 Å². The third-order valence-corrected chi connectivity index (χ3v) is 6.90. The fourth-order valence-electron chi connectivity index (χ4n) is 4.27. The second kappa shape index (κ2) is 9.77. The molecule has 0 spiro atoms. The quantitative estimate of drug-likeness (QED) is 0.221. The molecule has 1 saturated carbocycles. The molecule has 3 aliphatic rings. The zero-order chi connectivity index (χ0) is 23.4. The van der Waals surface area contributed by atoms with E-state index in [2.05, 4.69) is 6.58 Å². The van der Waals surface area contributed by atoms with Crippen molar-refractivity contribution in [2.75, 3.05) is 0 Å². The molecule has 1 aromatic rings. The van der Waals surface area contributed by atoms with Gasteiger partial charge in [0.05, 0.1) is 0 Å². The minimum absolute atomic E-state index is 0. The molecule has 1 fully saturated rings. The molecule has 4 rings (SSSR count). The van der Waals surface area contributed by atoms with Crippen LogP contribution in [0.2, 0.25) is 0 Å². The summed E-state index contributed by atoms with van der Waals surface area (Å²) in [4.78, 5) is 10.1. The molecule has 1 aromatic carbocycles. The van der Waals surface area contributed by atoms with E-state index >= 15 is 0 Å². The number of hydrogen-bond donors (Lipinski definition) is 7. The Morgan fingerprint density at radius 2 is 1.48 bits per heavy atom. The Balaban J connectivity index is 0.00000306. The summed E-state index contributed by atoms with van der Waals surface area (Å²) in [5.74, 6) is -0.240. The van der Waals surface area contributed by atoms with Crippen molar-refractivity contribution in [2.24, 2.45) is 0 Å². The van der Waals surface area contributed by atoms with Crippen LogP contribution in [0.15, 0.2) is 30.0 Å². The van der Waals surface area contributed by atoms with Crippen molar-refractivity contribution in [1.82, 2.24) is 0 Å². The molecule has 1 heterocycles. The smallest absolute Gasteiger partial charge is 0.504 e. The minimum atomic E-state index is -5.11. The van der Waals surface area contributed by atoms with Gasteiger partial charge < -0.3 is 39.9 Å². The van der Waals surface area contributed by atoms with Gasteiger partial charge in [0.2, 0.25) is 0 Å². The van der Waals surface area contributed by atoms with E-state index in [0.717, 1.165) is 36.8 Å². The predicted molar refractivity (Wildman–Crippen MR) is 109 cm³/mol. The van der Waals surface area contributed by atoms with Crippen LogP contribution in [0.3, 0.4) is 0 Å². The molecular weight excluding hydrogens is 631 g/mol. The first-order valence-corrected chi connectivity index (χ1v) is 11.6. The first-order chi connectivity index (χ1) is 15.0. The van der Waals surface area contributed by atoms with E-state index in [9.17, 15) is 40.1 Å². The average Bonchev–Trinajstić information content (AvgIpc) is 2.75. The molecule has 1 aliphatic heterocycles. The van der Waals surface area contributed by atoms with Crippen molar-refractivity contribution in [3.8, 4) is 17.2 Å². The molecule has 33 heavy (non-hydrogen) atoms. The van der Waals surface area contributed by atoms with E-state index in [1.54, 1.807) is 0 Å². The fraction of sp³-hybridized carbons (Fsp3) is 0.500. The van der Waals surface area contributed by atoms with Crippen molar-refractivity contribution in [2.45, 2.75) is 62.3 Å². The van der Waals surface area contributed by atoms with E-state index < -0.39 is 55.9 Å². The maximum absolute atomic E-state index is 12.5. The molecule has 7 N–H and O–H groups in total. The summed E-state index contributed by atoms with van der Waals surface area (Å²) < 4.78 is 28.0. The Labute approximate surface area is 203 Å². The SMILES string of the molecule is C=C1Oc2cc(OP(=O)(O)OC3[C@H](O)[C@H](O)C(O)[C@H](O)[C@H]3O)c(O)cc2C2=C1CCCC2.[W]. The number of phenols is 1. The van der Waals surface area contributed by atoms with Crippen molar-refractivity contribution in [3.63, 3.8) is 0 Å². The molecule has 7 atom stereocenters. The fourth-order valence-corrected chi connectivity index (χ4v) is 5.26. The van der Waals surface area contributed by atoms with Gasteiger partial charge in [-0.2, -0.15) is 0 Å². The van der Waals surface area contributed by atoms with Gasteiger partial charge in [0.25, 0.3) is 0 Å². The van der Waals surface area contributed by atoms with Crippen molar-refractivity contribution >= 4 is 13.4 Å². The summed E-state index contributed by atoms with van der Waals surface area (Å²) in [6, 6.07) is 2.54. The van der Waals surface area contributed by atoms with Gasteiger partial charge in [-0.1, -0.05) is 6.58 Å². The number of phosphoric acid groups is 1. The molecule has 0 saturated heterocycles. The normalized spacial score (nSPS) is 33.2. The Morgan fingerprint density at radius 3 is 2.09 bits per heavy atom. The second-order valence-corrected chi connectivity index (χ2v) is 9.42. The van der Waals surface area contributed by atoms with Gasteiger partial charge in [-0.05, 0) is 42.9 Å². The summed E-state index contributed by atoms with van der Waals surface area (Å²) in [6.07, 6.45) is -8.26. The monoisotopic (exact) mass is 656 g/mol. The molecule has 11 nitrogen and oxygen atoms in total. The molecule has 0 amide bonds. The molecule has 2 aliphatic carbocycles. The molecule has 0 radical (unpaired) electrons.